The molecule has 1 nitrogen and oxygen atoms in total. The van der Waals surface area contributed by atoms with Crippen LogP contribution in [0, 0.1) is 5.75 Å². The number of hydrogen-bond acceptors (Lipinski definition) is 2. The van der Waals surface area contributed by atoms with Crippen molar-refractivity contribution in [2.75, 3.05) is 0 Å². The van der Waals surface area contributed by atoms with Gasteiger partial charge in [0, 0.05) is 12.2 Å². The van der Waals surface area contributed by atoms with Crippen LogP contribution in [0.4, 0.5) is 0 Å². The highest BCUT2D eigenvalue weighted by atomic mass is 32.1. The first-order valence-electron chi connectivity index (χ1n) is 1.31. The molecule has 0 saturated carbocycles. The summed E-state index contributed by atoms with van der Waals surface area (Å²) in [5.41, 5.74) is 0. The Morgan fingerprint density at radius 2 is 2.40 bits per heavy atom. The van der Waals surface area contributed by atoms with Crippen LogP contribution in [0.3, 0.4) is 0 Å². The van der Waals surface area contributed by atoms with Crippen LogP contribution in [0.15, 0.2) is 0 Å². The molecule has 5 heavy (non-hydrogen) atoms. The van der Waals surface area contributed by atoms with Crippen molar-refractivity contribution >= 4 is 18.9 Å². The van der Waals surface area contributed by atoms with Crippen molar-refractivity contribution in [2.24, 2.45) is 0 Å². The van der Waals surface area contributed by atoms with Crippen LogP contribution >= 0.6 is 12.6 Å². The average molecular weight is 89.1 g/mol. The van der Waals surface area contributed by atoms with Crippen molar-refractivity contribution in [3.63, 3.8) is 0 Å². The molecule has 0 aliphatic heterocycles. The monoisotopic (exact) mass is 89.0 g/mol. The first-order chi connectivity index (χ1) is 2.41. The first kappa shape index (κ1) is 5.02. The van der Waals surface area contributed by atoms with E-state index < -0.39 is 0 Å². The van der Waals surface area contributed by atoms with Crippen LogP contribution in [0.2, 0.25) is 0 Å². The van der Waals surface area contributed by atoms with Crippen molar-refractivity contribution in [3.8, 4) is 0 Å². The Labute approximate surface area is 36.8 Å². The molecule has 0 aliphatic carbocycles. The van der Waals surface area contributed by atoms with Gasteiger partial charge in [-0.15, -0.1) is 0 Å². The van der Waals surface area contributed by atoms with Gasteiger partial charge in [-0.05, 0) is 0 Å². The maximum absolute atomic E-state index is 9.32. The molecule has 0 aliphatic rings. The Bertz CT molecular complexity index is 28.1. The van der Waals surface area contributed by atoms with E-state index >= 15 is 0 Å². The SMILES string of the molecule is O=CC[CH]S. The van der Waals surface area contributed by atoms with E-state index in [2.05, 4.69) is 12.6 Å². The molecule has 0 atom stereocenters. The highest BCUT2D eigenvalue weighted by Gasteiger charge is 1.68. The largest absolute Gasteiger partial charge is 0.303 e. The molecule has 0 aromatic carbocycles. The minimum absolute atomic E-state index is 0.448. The highest BCUT2D eigenvalue weighted by molar-refractivity contribution is 7.82. The van der Waals surface area contributed by atoms with Crippen LogP contribution in [-0.4, -0.2) is 6.29 Å². The van der Waals surface area contributed by atoms with Gasteiger partial charge >= 0.3 is 0 Å². The van der Waals surface area contributed by atoms with E-state index in [4.69, 9.17) is 0 Å². The van der Waals surface area contributed by atoms with E-state index in [-0.39, 0.29) is 0 Å². The van der Waals surface area contributed by atoms with E-state index in [9.17, 15) is 4.79 Å². The van der Waals surface area contributed by atoms with Crippen LogP contribution < -0.4 is 0 Å². The summed E-state index contributed by atoms with van der Waals surface area (Å²) < 4.78 is 0. The van der Waals surface area contributed by atoms with Crippen molar-refractivity contribution in [1.82, 2.24) is 0 Å². The zero-order valence-electron chi connectivity index (χ0n) is 2.72. The topological polar surface area (TPSA) is 17.1 Å². The molecule has 1 radical (unpaired) electrons. The predicted octanol–water partition coefficient (Wildman–Crippen LogP) is 0.667. The van der Waals surface area contributed by atoms with Crippen molar-refractivity contribution < 1.29 is 4.79 Å². The minimum atomic E-state index is 0.448. The fourth-order valence-electron chi connectivity index (χ4n) is 0.0430. The number of hydrogen-bond donors (Lipinski definition) is 1. The Morgan fingerprint density at radius 3 is 2.40 bits per heavy atom. The van der Waals surface area contributed by atoms with E-state index in [1.165, 1.54) is 5.75 Å². The second kappa shape index (κ2) is 4.02. The van der Waals surface area contributed by atoms with Crippen LogP contribution in [-0.2, 0) is 4.79 Å². The molecule has 0 rings (SSSR count). The first-order valence-corrected chi connectivity index (χ1v) is 1.83. The number of carbonyl (C=O) groups is 1. The van der Waals surface area contributed by atoms with Crippen molar-refractivity contribution in [3.05, 3.63) is 5.75 Å². The van der Waals surface area contributed by atoms with Gasteiger partial charge in [-0.25, -0.2) is 0 Å². The van der Waals surface area contributed by atoms with Gasteiger partial charge in [0.15, 0.2) is 0 Å². The lowest BCUT2D eigenvalue weighted by molar-refractivity contribution is -0.107. The van der Waals surface area contributed by atoms with E-state index in [1.54, 1.807) is 0 Å². The molecule has 0 amide bonds. The van der Waals surface area contributed by atoms with Gasteiger partial charge in [-0.3, -0.25) is 0 Å². The van der Waals surface area contributed by atoms with Gasteiger partial charge in [-0.1, -0.05) is 0 Å². The molecule has 0 heterocycles. The molecule has 0 bridgehead atoms. The molecule has 0 spiro atoms. The fraction of sp³-hybridized carbons (Fsp3) is 0.333. The molecule has 0 saturated heterocycles. The normalized spacial score (nSPS) is 7.40. The predicted molar refractivity (Wildman–Crippen MR) is 24.0 cm³/mol. The van der Waals surface area contributed by atoms with E-state index in [0.29, 0.717) is 6.42 Å². The van der Waals surface area contributed by atoms with Gasteiger partial charge in [0.2, 0.25) is 0 Å². The molecular weight excluding hydrogens is 84.1 g/mol. The van der Waals surface area contributed by atoms with Crippen LogP contribution in [0.25, 0.3) is 0 Å². The number of aldehydes is 1. The molecule has 29 valence electrons. The van der Waals surface area contributed by atoms with Gasteiger partial charge in [0.1, 0.15) is 6.29 Å². The minimum Gasteiger partial charge on any atom is -0.303 e. The average Bonchev–Trinajstić information content (AvgIpc) is 1.41. The van der Waals surface area contributed by atoms with E-state index in [1.807, 2.05) is 0 Å². The molecule has 0 fully saturated rings. The lowest BCUT2D eigenvalue weighted by Gasteiger charge is -1.67. The van der Waals surface area contributed by atoms with Crippen LogP contribution in [0.1, 0.15) is 6.42 Å². The second-order valence-corrected chi connectivity index (χ2v) is 0.950. The summed E-state index contributed by atoms with van der Waals surface area (Å²) >= 11 is 3.64. The Hall–Kier alpha value is 0.0200. The molecule has 0 aromatic rings. The lowest BCUT2D eigenvalue weighted by atomic mass is 10.6. The summed E-state index contributed by atoms with van der Waals surface area (Å²) in [6.07, 6.45) is 1.25. The maximum Gasteiger partial charge on any atom is 0.121 e. The summed E-state index contributed by atoms with van der Waals surface area (Å²) in [6.45, 7) is 0. The van der Waals surface area contributed by atoms with E-state index in [0.717, 1.165) is 6.29 Å². The Morgan fingerprint density at radius 1 is 1.80 bits per heavy atom. The molecular formula is C3H5OS. The highest BCUT2D eigenvalue weighted by Crippen LogP contribution is 1.82. The summed E-state index contributed by atoms with van der Waals surface area (Å²) in [4.78, 5) is 9.32. The third-order valence-electron chi connectivity index (χ3n) is 0.202. The van der Waals surface area contributed by atoms with Gasteiger partial charge in [-0.2, -0.15) is 12.6 Å². The Balaban J connectivity index is 2.40. The zero-order valence-corrected chi connectivity index (χ0v) is 3.61. The van der Waals surface area contributed by atoms with Crippen molar-refractivity contribution in [2.45, 2.75) is 6.42 Å². The quantitative estimate of drug-likeness (QED) is 0.388. The number of thiol groups is 1. The van der Waals surface area contributed by atoms with Gasteiger partial charge < -0.3 is 4.79 Å². The van der Waals surface area contributed by atoms with Crippen LogP contribution in [0.5, 0.6) is 0 Å². The summed E-state index contributed by atoms with van der Waals surface area (Å²) in [6, 6.07) is 0. The lowest BCUT2D eigenvalue weighted by Crippen LogP contribution is -1.63. The second-order valence-electron chi connectivity index (χ2n) is 0.585. The van der Waals surface area contributed by atoms with Gasteiger partial charge in [0.05, 0.1) is 0 Å². The van der Waals surface area contributed by atoms with Gasteiger partial charge in [0.25, 0.3) is 0 Å². The third kappa shape index (κ3) is 4.02. The standard InChI is InChI=1S/C3H5OS/c4-2-1-3-5/h2-3,5H,1H2. The number of carbonyl (C=O) groups excluding carboxylic acids is 1. The summed E-state index contributed by atoms with van der Waals surface area (Å²) in [5, 5.41) is 0. The number of rotatable bonds is 2. The van der Waals surface area contributed by atoms with Crippen molar-refractivity contribution in [1.29, 1.82) is 0 Å². The maximum atomic E-state index is 9.32. The molecule has 2 heteroatoms. The third-order valence-corrected chi connectivity index (χ3v) is 0.412. The summed E-state index contributed by atoms with van der Waals surface area (Å²) in [7, 11) is 0. The molecule has 0 unspecified atom stereocenters. The molecule has 0 N–H and O–H groups in total. The Kier molecular flexibility index (Phi) is 4.04. The fourth-order valence-corrected chi connectivity index (χ4v) is 0.129. The molecule has 0 aromatic heterocycles. The smallest absolute Gasteiger partial charge is 0.121 e. The summed E-state index contributed by atoms with van der Waals surface area (Å²) in [5.74, 6) is 1.51. The zero-order chi connectivity index (χ0) is 4.12.